The molecule has 0 rings (SSSR count). The average Bonchev–Trinajstić information content (AvgIpc) is 2.49. The summed E-state index contributed by atoms with van der Waals surface area (Å²) in [4.78, 5) is 11.4. The number of nitrogens with one attached hydrogen (secondary N) is 1. The van der Waals surface area contributed by atoms with Crippen LogP contribution in [-0.2, 0) is 4.79 Å². The summed E-state index contributed by atoms with van der Waals surface area (Å²) in [5.41, 5.74) is 0. The standard InChI is InChI=1S/C20H37NO/c1-4-5-6-7-8-9-10-11-12-13-14-15-16-17-20(22)21-18-19(2)3/h8-9,16-17,19H,4-7,10-15,18H2,1-3H3,(H,21,22)/b9-8-,17-16+. The van der Waals surface area contributed by atoms with E-state index in [1.54, 1.807) is 6.08 Å². The lowest BCUT2D eigenvalue weighted by Gasteiger charge is -2.04. The molecule has 1 amide bonds. The molecule has 0 radical (unpaired) electrons. The van der Waals surface area contributed by atoms with Gasteiger partial charge in [0.25, 0.3) is 0 Å². The van der Waals surface area contributed by atoms with Gasteiger partial charge in [0.05, 0.1) is 0 Å². The molecule has 128 valence electrons. The van der Waals surface area contributed by atoms with Crippen molar-refractivity contribution in [2.45, 2.75) is 85.0 Å². The van der Waals surface area contributed by atoms with Crippen LogP contribution in [0.1, 0.15) is 85.0 Å². The summed E-state index contributed by atoms with van der Waals surface area (Å²) in [6.45, 7) is 7.21. The molecule has 0 aromatic carbocycles. The molecule has 0 spiro atoms. The van der Waals surface area contributed by atoms with Crippen LogP contribution in [0, 0.1) is 5.92 Å². The van der Waals surface area contributed by atoms with Crippen LogP contribution in [0.4, 0.5) is 0 Å². The van der Waals surface area contributed by atoms with Crippen LogP contribution in [0.2, 0.25) is 0 Å². The highest BCUT2D eigenvalue weighted by Gasteiger charge is 1.96. The molecular formula is C20H37NO. The number of hydrogen-bond acceptors (Lipinski definition) is 1. The number of unbranched alkanes of at least 4 members (excludes halogenated alkanes) is 8. The maximum atomic E-state index is 11.4. The molecule has 2 nitrogen and oxygen atoms in total. The van der Waals surface area contributed by atoms with E-state index in [0.717, 1.165) is 13.0 Å². The molecule has 0 unspecified atom stereocenters. The van der Waals surface area contributed by atoms with Gasteiger partial charge in [0.2, 0.25) is 5.91 Å². The third kappa shape index (κ3) is 17.0. The molecule has 22 heavy (non-hydrogen) atoms. The van der Waals surface area contributed by atoms with Gasteiger partial charge in [-0.3, -0.25) is 4.79 Å². The summed E-state index contributed by atoms with van der Waals surface area (Å²) >= 11 is 0. The minimum atomic E-state index is 0.0434. The lowest BCUT2D eigenvalue weighted by molar-refractivity contribution is -0.116. The van der Waals surface area contributed by atoms with Crippen LogP contribution in [-0.4, -0.2) is 12.5 Å². The van der Waals surface area contributed by atoms with E-state index < -0.39 is 0 Å². The molecule has 0 aliphatic heterocycles. The average molecular weight is 308 g/mol. The molecule has 0 aromatic heterocycles. The zero-order valence-corrected chi connectivity index (χ0v) is 15.1. The molecule has 0 bridgehead atoms. The smallest absolute Gasteiger partial charge is 0.243 e. The van der Waals surface area contributed by atoms with Gasteiger partial charge in [0, 0.05) is 6.54 Å². The van der Waals surface area contributed by atoms with Gasteiger partial charge in [-0.1, -0.05) is 64.7 Å². The summed E-state index contributed by atoms with van der Waals surface area (Å²) < 4.78 is 0. The first-order valence-corrected chi connectivity index (χ1v) is 9.26. The van der Waals surface area contributed by atoms with Gasteiger partial charge >= 0.3 is 0 Å². The maximum Gasteiger partial charge on any atom is 0.243 e. The first-order valence-electron chi connectivity index (χ1n) is 9.26. The Morgan fingerprint density at radius 1 is 0.864 bits per heavy atom. The van der Waals surface area contributed by atoms with E-state index in [1.165, 1.54) is 57.8 Å². The van der Waals surface area contributed by atoms with Gasteiger partial charge in [-0.25, -0.2) is 0 Å². The summed E-state index contributed by atoms with van der Waals surface area (Å²) in [6.07, 6.45) is 20.9. The minimum Gasteiger partial charge on any atom is -0.352 e. The predicted molar refractivity (Wildman–Crippen MR) is 98.0 cm³/mol. The zero-order valence-electron chi connectivity index (χ0n) is 15.1. The highest BCUT2D eigenvalue weighted by atomic mass is 16.1. The SMILES string of the molecule is CCCCC/C=C\CCCCCC/C=C/C(=O)NCC(C)C. The Hall–Kier alpha value is -1.05. The quantitative estimate of drug-likeness (QED) is 0.245. The first kappa shape index (κ1) is 20.9. The molecule has 0 atom stereocenters. The molecule has 0 saturated heterocycles. The van der Waals surface area contributed by atoms with E-state index in [4.69, 9.17) is 0 Å². The van der Waals surface area contributed by atoms with E-state index in [9.17, 15) is 4.79 Å². The number of allylic oxidation sites excluding steroid dienone is 3. The van der Waals surface area contributed by atoms with Gasteiger partial charge in [0.1, 0.15) is 0 Å². The Morgan fingerprint density at radius 2 is 1.41 bits per heavy atom. The normalized spacial score (nSPS) is 11.8. The second kappa shape index (κ2) is 16.3. The van der Waals surface area contributed by atoms with Crippen molar-refractivity contribution < 1.29 is 4.79 Å². The third-order valence-corrected chi connectivity index (χ3v) is 3.59. The third-order valence-electron chi connectivity index (χ3n) is 3.59. The fraction of sp³-hybridized carbons (Fsp3) is 0.750. The van der Waals surface area contributed by atoms with Gasteiger partial charge in [-0.15, -0.1) is 0 Å². The Balaban J connectivity index is 3.30. The number of carbonyl (C=O) groups excluding carboxylic acids is 1. The van der Waals surface area contributed by atoms with Gasteiger partial charge in [0.15, 0.2) is 0 Å². The summed E-state index contributed by atoms with van der Waals surface area (Å²) in [7, 11) is 0. The summed E-state index contributed by atoms with van der Waals surface area (Å²) in [5, 5.41) is 2.89. The van der Waals surface area contributed by atoms with Crippen molar-refractivity contribution in [3.05, 3.63) is 24.3 Å². The molecule has 0 fully saturated rings. The van der Waals surface area contributed by atoms with Gasteiger partial charge < -0.3 is 5.32 Å². The molecule has 0 aromatic rings. The van der Waals surface area contributed by atoms with Crippen LogP contribution in [0.3, 0.4) is 0 Å². The highest BCUT2D eigenvalue weighted by molar-refractivity contribution is 5.87. The van der Waals surface area contributed by atoms with E-state index in [0.29, 0.717) is 5.92 Å². The topological polar surface area (TPSA) is 29.1 Å². The molecule has 2 heteroatoms. The minimum absolute atomic E-state index is 0.0434. The van der Waals surface area contributed by atoms with Gasteiger partial charge in [-0.2, -0.15) is 0 Å². The fourth-order valence-corrected chi connectivity index (χ4v) is 2.18. The van der Waals surface area contributed by atoms with E-state index in [1.807, 2.05) is 6.08 Å². The lowest BCUT2D eigenvalue weighted by atomic mass is 10.1. The van der Waals surface area contributed by atoms with Crippen LogP contribution >= 0.6 is 0 Å². The molecule has 0 heterocycles. The molecule has 1 N–H and O–H groups in total. The van der Waals surface area contributed by atoms with Crippen molar-refractivity contribution in [3.63, 3.8) is 0 Å². The number of hydrogen-bond donors (Lipinski definition) is 1. The van der Waals surface area contributed by atoms with Crippen molar-refractivity contribution in [2.24, 2.45) is 5.92 Å². The Kier molecular flexibility index (Phi) is 15.5. The van der Waals surface area contributed by atoms with Crippen LogP contribution in [0.25, 0.3) is 0 Å². The highest BCUT2D eigenvalue weighted by Crippen LogP contribution is 2.07. The zero-order chi connectivity index (χ0) is 16.5. The van der Waals surface area contributed by atoms with Crippen LogP contribution in [0.5, 0.6) is 0 Å². The van der Waals surface area contributed by atoms with Crippen LogP contribution in [0.15, 0.2) is 24.3 Å². The van der Waals surface area contributed by atoms with Crippen molar-refractivity contribution in [1.29, 1.82) is 0 Å². The summed E-state index contributed by atoms with van der Waals surface area (Å²) in [5.74, 6) is 0.556. The van der Waals surface area contributed by atoms with Crippen LogP contribution < -0.4 is 5.32 Å². The monoisotopic (exact) mass is 307 g/mol. The number of rotatable bonds is 14. The van der Waals surface area contributed by atoms with Crippen molar-refractivity contribution in [3.8, 4) is 0 Å². The lowest BCUT2D eigenvalue weighted by Crippen LogP contribution is -2.25. The second-order valence-electron chi connectivity index (χ2n) is 6.50. The summed E-state index contributed by atoms with van der Waals surface area (Å²) in [6, 6.07) is 0. The Bertz CT molecular complexity index is 305. The molecule has 0 saturated carbocycles. The van der Waals surface area contributed by atoms with Gasteiger partial charge in [-0.05, 0) is 50.5 Å². The van der Waals surface area contributed by atoms with E-state index >= 15 is 0 Å². The molecular weight excluding hydrogens is 270 g/mol. The van der Waals surface area contributed by atoms with Crippen molar-refractivity contribution >= 4 is 5.91 Å². The number of amides is 1. The largest absolute Gasteiger partial charge is 0.352 e. The predicted octanol–water partition coefficient (Wildman–Crippen LogP) is 5.79. The second-order valence-corrected chi connectivity index (χ2v) is 6.50. The molecule has 0 aliphatic rings. The van der Waals surface area contributed by atoms with E-state index in [-0.39, 0.29) is 5.91 Å². The fourth-order valence-electron chi connectivity index (χ4n) is 2.18. The van der Waals surface area contributed by atoms with Crippen molar-refractivity contribution in [1.82, 2.24) is 5.32 Å². The molecule has 0 aliphatic carbocycles. The maximum absolute atomic E-state index is 11.4. The number of carbonyl (C=O) groups is 1. The Morgan fingerprint density at radius 3 is 1.95 bits per heavy atom. The Labute approximate surface area is 138 Å². The van der Waals surface area contributed by atoms with Crippen molar-refractivity contribution in [2.75, 3.05) is 6.54 Å². The first-order chi connectivity index (χ1) is 10.7. The van der Waals surface area contributed by atoms with E-state index in [2.05, 4.69) is 38.2 Å².